The molecular weight excluding hydrogens is 392 g/mol. The molecule has 4 aromatic rings. The van der Waals surface area contributed by atoms with Gasteiger partial charge >= 0.3 is 0 Å². The Balaban J connectivity index is 1.67. The van der Waals surface area contributed by atoms with Gasteiger partial charge in [-0.2, -0.15) is 10.4 Å². The van der Waals surface area contributed by atoms with Gasteiger partial charge < -0.3 is 10.1 Å². The molecule has 3 heterocycles. The lowest BCUT2D eigenvalue weighted by Gasteiger charge is -2.11. The van der Waals surface area contributed by atoms with Crippen molar-refractivity contribution in [2.75, 3.05) is 12.4 Å². The third-order valence-corrected chi connectivity index (χ3v) is 5.08. The Labute approximate surface area is 179 Å². The first-order valence-corrected chi connectivity index (χ1v) is 9.65. The number of aryl methyl sites for hydroxylation is 1. The number of anilines is 1. The highest BCUT2D eigenvalue weighted by Gasteiger charge is 2.19. The highest BCUT2D eigenvalue weighted by atomic mass is 16.5. The lowest BCUT2D eigenvalue weighted by atomic mass is 10.1. The minimum absolute atomic E-state index is 0.276. The Hall–Kier alpha value is -4.25. The first-order valence-electron chi connectivity index (χ1n) is 9.65. The van der Waals surface area contributed by atoms with Gasteiger partial charge in [-0.05, 0) is 26.0 Å². The second kappa shape index (κ2) is 8.24. The summed E-state index contributed by atoms with van der Waals surface area (Å²) in [6.45, 7) is 4.09. The number of benzene rings is 1. The molecule has 0 aliphatic rings. The molecule has 0 saturated heterocycles. The molecule has 31 heavy (non-hydrogen) atoms. The van der Waals surface area contributed by atoms with Gasteiger partial charge in [-0.15, -0.1) is 0 Å². The van der Waals surface area contributed by atoms with Gasteiger partial charge in [0.1, 0.15) is 11.8 Å². The molecular formula is C23H20N6O2. The first kappa shape index (κ1) is 20.0. The molecule has 8 heteroatoms. The molecule has 0 unspecified atom stereocenters. The molecule has 0 aliphatic heterocycles. The van der Waals surface area contributed by atoms with Crippen molar-refractivity contribution in [2.45, 2.75) is 20.4 Å². The third-order valence-electron chi connectivity index (χ3n) is 5.08. The van der Waals surface area contributed by atoms with Gasteiger partial charge in [-0.1, -0.05) is 24.3 Å². The van der Waals surface area contributed by atoms with Crippen LogP contribution < -0.4 is 10.1 Å². The van der Waals surface area contributed by atoms with E-state index in [-0.39, 0.29) is 5.91 Å². The predicted octanol–water partition coefficient (Wildman–Crippen LogP) is 3.62. The van der Waals surface area contributed by atoms with Crippen LogP contribution in [-0.4, -0.2) is 32.8 Å². The van der Waals surface area contributed by atoms with Crippen LogP contribution in [0.4, 0.5) is 5.69 Å². The van der Waals surface area contributed by atoms with Crippen LogP contribution in [0.5, 0.6) is 5.88 Å². The predicted molar refractivity (Wildman–Crippen MR) is 116 cm³/mol. The van der Waals surface area contributed by atoms with E-state index < -0.39 is 0 Å². The highest BCUT2D eigenvalue weighted by molar-refractivity contribution is 6.13. The number of amides is 1. The maximum Gasteiger partial charge on any atom is 0.256 e. The number of methoxy groups -OCH3 is 1. The van der Waals surface area contributed by atoms with E-state index in [1.54, 1.807) is 23.0 Å². The van der Waals surface area contributed by atoms with E-state index in [1.165, 1.54) is 7.11 Å². The van der Waals surface area contributed by atoms with E-state index in [0.29, 0.717) is 40.6 Å². The van der Waals surface area contributed by atoms with Gasteiger partial charge in [0, 0.05) is 23.2 Å². The molecule has 4 rings (SSSR count). The molecule has 0 saturated carbocycles. The number of nitrogens with zero attached hydrogens (tertiary/aromatic N) is 5. The average Bonchev–Trinajstić information content (AvgIpc) is 3.05. The summed E-state index contributed by atoms with van der Waals surface area (Å²) in [5.74, 6) is 0.0929. The van der Waals surface area contributed by atoms with Gasteiger partial charge in [0.2, 0.25) is 5.88 Å². The number of carbonyl (C=O) groups is 1. The minimum Gasteiger partial charge on any atom is -0.481 e. The zero-order valence-corrected chi connectivity index (χ0v) is 17.4. The number of ether oxygens (including phenoxy) is 1. The summed E-state index contributed by atoms with van der Waals surface area (Å²) in [5.41, 5.74) is 4.36. The van der Waals surface area contributed by atoms with Crippen LogP contribution in [-0.2, 0) is 6.54 Å². The standard InChI is InChI=1S/C23H20N6O2/c1-14-22(15(2)29(28-14)13-16-7-6-10-25-20(16)12-24)27-23(30)18-11-21(31-3)26-19-9-5-4-8-17(18)19/h4-11H,13H2,1-3H3,(H,27,30). The number of pyridine rings is 2. The smallest absolute Gasteiger partial charge is 0.256 e. The van der Waals surface area contributed by atoms with Crippen LogP contribution in [0, 0.1) is 25.2 Å². The Bertz CT molecular complexity index is 1340. The van der Waals surface area contributed by atoms with Crippen LogP contribution in [0.1, 0.15) is 33.0 Å². The summed E-state index contributed by atoms with van der Waals surface area (Å²) in [4.78, 5) is 21.7. The van der Waals surface area contributed by atoms with Crippen molar-refractivity contribution in [3.05, 3.63) is 76.9 Å². The Morgan fingerprint density at radius 2 is 2.03 bits per heavy atom. The topological polar surface area (TPSA) is 106 Å². The molecule has 0 spiro atoms. The third kappa shape index (κ3) is 3.81. The Kier molecular flexibility index (Phi) is 5.33. The summed E-state index contributed by atoms with van der Waals surface area (Å²) in [6.07, 6.45) is 1.59. The second-order valence-electron chi connectivity index (χ2n) is 7.01. The van der Waals surface area contributed by atoms with Crippen LogP contribution in [0.3, 0.4) is 0 Å². The van der Waals surface area contributed by atoms with Crippen molar-refractivity contribution in [3.63, 3.8) is 0 Å². The first-order chi connectivity index (χ1) is 15.0. The molecule has 8 nitrogen and oxygen atoms in total. The average molecular weight is 412 g/mol. The van der Waals surface area contributed by atoms with Crippen molar-refractivity contribution in [3.8, 4) is 11.9 Å². The highest BCUT2D eigenvalue weighted by Crippen LogP contribution is 2.25. The number of carbonyl (C=O) groups excluding carboxylic acids is 1. The number of hydrogen-bond acceptors (Lipinski definition) is 6. The SMILES string of the molecule is COc1cc(C(=O)Nc2c(C)nn(Cc3cccnc3C#N)c2C)c2ccccc2n1. The molecule has 1 amide bonds. The molecule has 1 N–H and O–H groups in total. The summed E-state index contributed by atoms with van der Waals surface area (Å²) in [7, 11) is 1.52. The van der Waals surface area contributed by atoms with Gasteiger partial charge in [0.05, 0.1) is 41.8 Å². The van der Waals surface area contributed by atoms with Crippen LogP contribution >= 0.6 is 0 Å². The molecule has 3 aromatic heterocycles. The van der Waals surface area contributed by atoms with E-state index in [4.69, 9.17) is 4.74 Å². The fraction of sp³-hybridized carbons (Fsp3) is 0.174. The molecule has 1 aromatic carbocycles. The molecule has 0 aliphatic carbocycles. The maximum atomic E-state index is 13.2. The molecule has 154 valence electrons. The maximum absolute atomic E-state index is 13.2. The van der Waals surface area contributed by atoms with Crippen LogP contribution in [0.15, 0.2) is 48.7 Å². The van der Waals surface area contributed by atoms with Crippen molar-refractivity contribution in [1.29, 1.82) is 5.26 Å². The number of nitriles is 1. The van der Waals surface area contributed by atoms with Gasteiger partial charge in [-0.25, -0.2) is 9.97 Å². The van der Waals surface area contributed by atoms with Crippen molar-refractivity contribution >= 4 is 22.5 Å². The van der Waals surface area contributed by atoms with Crippen LogP contribution in [0.2, 0.25) is 0 Å². The molecule has 0 fully saturated rings. The summed E-state index contributed by atoms with van der Waals surface area (Å²) >= 11 is 0. The Morgan fingerprint density at radius 3 is 2.81 bits per heavy atom. The quantitative estimate of drug-likeness (QED) is 0.537. The number of nitrogens with one attached hydrogen (secondary N) is 1. The largest absolute Gasteiger partial charge is 0.481 e. The van der Waals surface area contributed by atoms with Gasteiger partial charge in [0.25, 0.3) is 5.91 Å². The second-order valence-corrected chi connectivity index (χ2v) is 7.01. The lowest BCUT2D eigenvalue weighted by molar-refractivity contribution is 0.102. The number of para-hydroxylation sites is 1. The normalized spacial score (nSPS) is 10.6. The van der Waals surface area contributed by atoms with E-state index in [1.807, 2.05) is 44.2 Å². The van der Waals surface area contributed by atoms with Crippen LogP contribution in [0.25, 0.3) is 10.9 Å². The van der Waals surface area contributed by atoms with Crippen molar-refractivity contribution in [1.82, 2.24) is 19.7 Å². The minimum atomic E-state index is -0.276. The number of hydrogen-bond donors (Lipinski definition) is 1. The molecule has 0 bridgehead atoms. The fourth-order valence-electron chi connectivity index (χ4n) is 3.48. The van der Waals surface area contributed by atoms with Crippen molar-refractivity contribution < 1.29 is 9.53 Å². The van der Waals surface area contributed by atoms with Gasteiger partial charge in [0.15, 0.2) is 0 Å². The number of rotatable bonds is 5. The zero-order valence-electron chi connectivity index (χ0n) is 17.4. The van der Waals surface area contributed by atoms with E-state index in [9.17, 15) is 10.1 Å². The summed E-state index contributed by atoms with van der Waals surface area (Å²) in [6, 6.07) is 14.8. The van der Waals surface area contributed by atoms with Gasteiger partial charge in [-0.3, -0.25) is 9.48 Å². The zero-order chi connectivity index (χ0) is 22.0. The summed E-state index contributed by atoms with van der Waals surface area (Å²) in [5, 5.41) is 17.6. The molecule has 0 radical (unpaired) electrons. The van der Waals surface area contributed by atoms with E-state index in [0.717, 1.165) is 16.6 Å². The lowest BCUT2D eigenvalue weighted by Crippen LogP contribution is -2.14. The number of aromatic nitrogens is 4. The monoisotopic (exact) mass is 412 g/mol. The Morgan fingerprint density at radius 1 is 1.23 bits per heavy atom. The van der Waals surface area contributed by atoms with Crippen molar-refractivity contribution in [2.24, 2.45) is 0 Å². The summed E-state index contributed by atoms with van der Waals surface area (Å²) < 4.78 is 7.02. The van der Waals surface area contributed by atoms with E-state index >= 15 is 0 Å². The number of fused-ring (bicyclic) bond motifs is 1. The van der Waals surface area contributed by atoms with E-state index in [2.05, 4.69) is 26.5 Å². The molecule has 0 atom stereocenters. The fourth-order valence-corrected chi connectivity index (χ4v) is 3.48.